The van der Waals surface area contributed by atoms with Crippen LogP contribution in [0.3, 0.4) is 0 Å². The normalized spacial score (nSPS) is 22.4. The molecule has 0 unspecified atom stereocenters. The second-order valence-electron chi connectivity index (χ2n) is 7.93. The summed E-state index contributed by atoms with van der Waals surface area (Å²) in [5.74, 6) is -0.258. The summed E-state index contributed by atoms with van der Waals surface area (Å²) in [6.45, 7) is 2.03. The maximum Gasteiger partial charge on any atom is 0.294 e. The van der Waals surface area contributed by atoms with Crippen molar-refractivity contribution >= 4 is 23.6 Å². The van der Waals surface area contributed by atoms with E-state index in [1.54, 1.807) is 42.5 Å². The highest BCUT2D eigenvalue weighted by atomic mass is 19.1. The van der Waals surface area contributed by atoms with Crippen molar-refractivity contribution in [1.29, 1.82) is 0 Å². The first-order chi connectivity index (χ1) is 14.5. The standard InChI is InChI=1S/C24H25FN2O3/c1-16-8-2-5-11-19(16)26-23(28)15-27-20-12-6-7-13-21(20)30-22(24(27)29)14-17-9-3-4-10-18(17)25/h3-4,6-7,9-10,12-14,16,19H,2,5,8,11,15H2,1H3,(H,26,28)/b22-14-/t16-,19+/m1/s1. The molecule has 6 heteroatoms. The Labute approximate surface area is 175 Å². The molecule has 0 bridgehead atoms. The number of fused-ring (bicyclic) bond motifs is 1. The fourth-order valence-corrected chi connectivity index (χ4v) is 4.08. The van der Waals surface area contributed by atoms with Gasteiger partial charge >= 0.3 is 0 Å². The van der Waals surface area contributed by atoms with E-state index in [1.807, 2.05) is 0 Å². The first-order valence-electron chi connectivity index (χ1n) is 10.4. The van der Waals surface area contributed by atoms with Crippen molar-refractivity contribution in [3.8, 4) is 5.75 Å². The first kappa shape index (κ1) is 20.1. The number of nitrogens with zero attached hydrogens (tertiary/aromatic N) is 1. The molecule has 0 radical (unpaired) electrons. The van der Waals surface area contributed by atoms with E-state index in [9.17, 15) is 14.0 Å². The summed E-state index contributed by atoms with van der Waals surface area (Å²) < 4.78 is 19.8. The number of halogens is 1. The molecule has 2 amide bonds. The smallest absolute Gasteiger partial charge is 0.294 e. The summed E-state index contributed by atoms with van der Waals surface area (Å²) in [4.78, 5) is 27.3. The lowest BCUT2D eigenvalue weighted by molar-refractivity contribution is -0.124. The largest absolute Gasteiger partial charge is 0.449 e. The van der Waals surface area contributed by atoms with Crippen LogP contribution in [0.25, 0.3) is 6.08 Å². The monoisotopic (exact) mass is 408 g/mol. The molecular weight excluding hydrogens is 383 g/mol. The van der Waals surface area contributed by atoms with Gasteiger partial charge in [0.25, 0.3) is 5.91 Å². The van der Waals surface area contributed by atoms with Gasteiger partial charge in [-0.3, -0.25) is 14.5 Å². The van der Waals surface area contributed by atoms with Crippen LogP contribution >= 0.6 is 0 Å². The quantitative estimate of drug-likeness (QED) is 0.768. The Morgan fingerprint density at radius 3 is 2.70 bits per heavy atom. The molecule has 2 aromatic carbocycles. The fourth-order valence-electron chi connectivity index (χ4n) is 4.08. The third-order valence-electron chi connectivity index (χ3n) is 5.78. The molecule has 1 saturated carbocycles. The lowest BCUT2D eigenvalue weighted by Crippen LogP contribution is -2.48. The number of carbonyl (C=O) groups excluding carboxylic acids is 2. The minimum Gasteiger partial charge on any atom is -0.449 e. The zero-order valence-electron chi connectivity index (χ0n) is 16.9. The van der Waals surface area contributed by atoms with Gasteiger partial charge in [0.15, 0.2) is 11.5 Å². The third kappa shape index (κ3) is 4.22. The molecule has 2 atom stereocenters. The van der Waals surface area contributed by atoms with Crippen LogP contribution in [0.4, 0.5) is 10.1 Å². The van der Waals surface area contributed by atoms with Crippen molar-refractivity contribution in [2.24, 2.45) is 5.92 Å². The van der Waals surface area contributed by atoms with E-state index in [0.29, 0.717) is 17.4 Å². The number of hydrogen-bond donors (Lipinski definition) is 1. The Balaban J connectivity index is 1.58. The molecule has 2 aliphatic rings. The number of anilines is 1. The van der Waals surface area contributed by atoms with Crippen LogP contribution in [0, 0.1) is 11.7 Å². The summed E-state index contributed by atoms with van der Waals surface area (Å²) in [5, 5.41) is 3.09. The molecule has 156 valence electrons. The van der Waals surface area contributed by atoms with Crippen LogP contribution < -0.4 is 15.0 Å². The number of nitrogens with one attached hydrogen (secondary N) is 1. The predicted molar refractivity (Wildman–Crippen MR) is 113 cm³/mol. The molecule has 4 rings (SSSR count). The van der Waals surface area contributed by atoms with Crippen molar-refractivity contribution in [2.45, 2.75) is 38.6 Å². The molecule has 1 N–H and O–H groups in total. The Morgan fingerprint density at radius 1 is 1.17 bits per heavy atom. The molecule has 0 spiro atoms. The van der Waals surface area contributed by atoms with Gasteiger partial charge in [-0.1, -0.05) is 50.1 Å². The maximum atomic E-state index is 14.1. The lowest BCUT2D eigenvalue weighted by atomic mass is 9.86. The number of amides is 2. The molecule has 0 aromatic heterocycles. The zero-order valence-corrected chi connectivity index (χ0v) is 16.9. The van der Waals surface area contributed by atoms with E-state index in [1.165, 1.54) is 23.5 Å². The molecule has 1 heterocycles. The lowest BCUT2D eigenvalue weighted by Gasteiger charge is -2.32. The van der Waals surface area contributed by atoms with Gasteiger partial charge in [-0.2, -0.15) is 0 Å². The second kappa shape index (κ2) is 8.69. The van der Waals surface area contributed by atoms with Crippen molar-refractivity contribution in [3.05, 3.63) is 65.7 Å². The van der Waals surface area contributed by atoms with E-state index in [4.69, 9.17) is 4.74 Å². The van der Waals surface area contributed by atoms with Crippen LogP contribution in [0.2, 0.25) is 0 Å². The van der Waals surface area contributed by atoms with E-state index in [0.717, 1.165) is 19.3 Å². The maximum absolute atomic E-state index is 14.1. The zero-order chi connectivity index (χ0) is 21.1. The van der Waals surface area contributed by atoms with Gasteiger partial charge in [0.2, 0.25) is 5.91 Å². The number of para-hydroxylation sites is 2. The van der Waals surface area contributed by atoms with Crippen LogP contribution in [0.5, 0.6) is 5.75 Å². The Hall–Kier alpha value is -3.15. The summed E-state index contributed by atoms with van der Waals surface area (Å²) in [5.41, 5.74) is 0.778. The molecular formula is C24H25FN2O3. The van der Waals surface area contributed by atoms with Crippen LogP contribution in [0.1, 0.15) is 38.2 Å². The van der Waals surface area contributed by atoms with Crippen LogP contribution in [-0.2, 0) is 9.59 Å². The number of benzene rings is 2. The van der Waals surface area contributed by atoms with Crippen LogP contribution in [0.15, 0.2) is 54.3 Å². The fraction of sp³-hybridized carbons (Fsp3) is 0.333. The molecule has 0 saturated heterocycles. The molecule has 1 fully saturated rings. The molecule has 1 aliphatic heterocycles. The van der Waals surface area contributed by atoms with Gasteiger partial charge in [-0.15, -0.1) is 0 Å². The predicted octanol–water partition coefficient (Wildman–Crippen LogP) is 4.29. The van der Waals surface area contributed by atoms with Gasteiger partial charge in [-0.25, -0.2) is 4.39 Å². The third-order valence-corrected chi connectivity index (χ3v) is 5.78. The molecule has 2 aromatic rings. The van der Waals surface area contributed by atoms with Gasteiger partial charge in [0.05, 0.1) is 5.69 Å². The van der Waals surface area contributed by atoms with Gasteiger partial charge in [-0.05, 0) is 43.0 Å². The number of rotatable bonds is 4. The SMILES string of the molecule is C[C@@H]1CCCC[C@@H]1NC(=O)CN1C(=O)/C(=C/c2ccccc2F)Oc2ccccc21. The van der Waals surface area contributed by atoms with E-state index >= 15 is 0 Å². The number of ether oxygens (including phenoxy) is 1. The Kier molecular flexibility index (Phi) is 5.84. The summed E-state index contributed by atoms with van der Waals surface area (Å²) in [6.07, 6.45) is 5.72. The van der Waals surface area contributed by atoms with Crippen molar-refractivity contribution in [1.82, 2.24) is 5.32 Å². The van der Waals surface area contributed by atoms with Crippen molar-refractivity contribution in [2.75, 3.05) is 11.4 Å². The summed E-state index contributed by atoms with van der Waals surface area (Å²) >= 11 is 0. The van der Waals surface area contributed by atoms with E-state index in [-0.39, 0.29) is 29.8 Å². The minimum absolute atomic E-state index is 0.0161. The van der Waals surface area contributed by atoms with Gasteiger partial charge in [0.1, 0.15) is 12.4 Å². The summed E-state index contributed by atoms with van der Waals surface area (Å²) in [6, 6.07) is 13.3. The van der Waals surface area contributed by atoms with Crippen molar-refractivity contribution < 1.29 is 18.7 Å². The molecule has 5 nitrogen and oxygen atoms in total. The highest BCUT2D eigenvalue weighted by Crippen LogP contribution is 2.35. The number of carbonyl (C=O) groups is 2. The Bertz CT molecular complexity index is 988. The van der Waals surface area contributed by atoms with Crippen molar-refractivity contribution in [3.63, 3.8) is 0 Å². The van der Waals surface area contributed by atoms with E-state index < -0.39 is 11.7 Å². The van der Waals surface area contributed by atoms with Gasteiger partial charge < -0.3 is 10.1 Å². The highest BCUT2D eigenvalue weighted by Gasteiger charge is 2.32. The minimum atomic E-state index is -0.469. The topological polar surface area (TPSA) is 58.6 Å². The van der Waals surface area contributed by atoms with Gasteiger partial charge in [0, 0.05) is 11.6 Å². The average Bonchev–Trinajstić information content (AvgIpc) is 2.74. The number of hydrogen-bond acceptors (Lipinski definition) is 3. The van der Waals surface area contributed by atoms with E-state index in [2.05, 4.69) is 12.2 Å². The van der Waals surface area contributed by atoms with Crippen LogP contribution in [-0.4, -0.2) is 24.4 Å². The second-order valence-corrected chi connectivity index (χ2v) is 7.93. The molecule has 30 heavy (non-hydrogen) atoms. The average molecular weight is 408 g/mol. The summed E-state index contributed by atoms with van der Waals surface area (Å²) in [7, 11) is 0. The molecule has 1 aliphatic carbocycles. The highest BCUT2D eigenvalue weighted by molar-refractivity contribution is 6.12. The first-order valence-corrected chi connectivity index (χ1v) is 10.4. The Morgan fingerprint density at radius 2 is 1.90 bits per heavy atom.